The van der Waals surface area contributed by atoms with Crippen LogP contribution in [-0.2, 0) is 9.59 Å². The molecule has 0 aromatic heterocycles. The average Bonchev–Trinajstić information content (AvgIpc) is 2.43. The number of likely N-dealkylation sites (N-methyl/N-ethyl adjacent to an activating group) is 1. The van der Waals surface area contributed by atoms with Gasteiger partial charge >= 0.3 is 5.97 Å². The first kappa shape index (κ1) is 10.7. The Labute approximate surface area is 93.5 Å². The summed E-state index contributed by atoms with van der Waals surface area (Å²) in [6.45, 7) is 1.93. The smallest absolute Gasteiger partial charge is 0.304 e. The van der Waals surface area contributed by atoms with E-state index in [9.17, 15) is 9.59 Å². The Balaban J connectivity index is 2.47. The lowest BCUT2D eigenvalue weighted by Crippen LogP contribution is -2.25. The normalized spacial score (nSPS) is 18.8. The van der Waals surface area contributed by atoms with Crippen molar-refractivity contribution in [1.29, 1.82) is 0 Å². The molecule has 0 unspecified atom stereocenters. The molecular formula is C12H13NO3. The van der Waals surface area contributed by atoms with E-state index >= 15 is 0 Å². The SMILES string of the molecule is Cc1ccc2c(c1)[C@@H](CC(=O)O)C(=O)N2C. The highest BCUT2D eigenvalue weighted by Gasteiger charge is 2.36. The molecular weight excluding hydrogens is 206 g/mol. The van der Waals surface area contributed by atoms with Gasteiger partial charge in [0.25, 0.3) is 0 Å². The number of carbonyl (C=O) groups is 2. The van der Waals surface area contributed by atoms with E-state index in [4.69, 9.17) is 5.11 Å². The molecule has 1 heterocycles. The van der Waals surface area contributed by atoms with Crippen LogP contribution in [0.5, 0.6) is 0 Å². The van der Waals surface area contributed by atoms with Crippen molar-refractivity contribution in [3.8, 4) is 0 Å². The van der Waals surface area contributed by atoms with Gasteiger partial charge in [-0.15, -0.1) is 0 Å². The molecule has 84 valence electrons. The summed E-state index contributed by atoms with van der Waals surface area (Å²) >= 11 is 0. The van der Waals surface area contributed by atoms with Gasteiger partial charge in [-0.2, -0.15) is 0 Å². The fourth-order valence-electron chi connectivity index (χ4n) is 2.12. The maximum Gasteiger partial charge on any atom is 0.304 e. The first-order chi connectivity index (χ1) is 7.50. The number of carboxylic acids is 1. The van der Waals surface area contributed by atoms with Crippen LogP contribution in [0.2, 0.25) is 0 Å². The van der Waals surface area contributed by atoms with Crippen molar-refractivity contribution in [1.82, 2.24) is 0 Å². The molecule has 0 bridgehead atoms. The summed E-state index contributed by atoms with van der Waals surface area (Å²) in [4.78, 5) is 24.1. The number of hydrogen-bond acceptors (Lipinski definition) is 2. The van der Waals surface area contributed by atoms with Gasteiger partial charge in [0.05, 0.1) is 12.3 Å². The second-order valence-corrected chi connectivity index (χ2v) is 4.11. The van der Waals surface area contributed by atoms with Gasteiger partial charge in [-0.1, -0.05) is 17.7 Å². The number of hydrogen-bond donors (Lipinski definition) is 1. The third kappa shape index (κ3) is 1.56. The summed E-state index contributed by atoms with van der Waals surface area (Å²) in [6.07, 6.45) is -0.139. The summed E-state index contributed by atoms with van der Waals surface area (Å²) in [5.74, 6) is -1.61. The topological polar surface area (TPSA) is 57.6 Å². The molecule has 0 radical (unpaired) electrons. The van der Waals surface area contributed by atoms with E-state index in [1.807, 2.05) is 25.1 Å². The number of rotatable bonds is 2. The van der Waals surface area contributed by atoms with Crippen molar-refractivity contribution in [3.63, 3.8) is 0 Å². The largest absolute Gasteiger partial charge is 0.481 e. The summed E-state index contributed by atoms with van der Waals surface area (Å²) in [7, 11) is 1.68. The Morgan fingerprint density at radius 2 is 2.19 bits per heavy atom. The average molecular weight is 219 g/mol. The van der Waals surface area contributed by atoms with Crippen LogP contribution in [0.4, 0.5) is 5.69 Å². The van der Waals surface area contributed by atoms with Crippen molar-refractivity contribution in [2.24, 2.45) is 0 Å². The highest BCUT2D eigenvalue weighted by atomic mass is 16.4. The molecule has 0 aliphatic carbocycles. The monoisotopic (exact) mass is 219 g/mol. The van der Waals surface area contributed by atoms with E-state index in [2.05, 4.69) is 0 Å². The number of carboxylic acid groups (broad SMARTS) is 1. The number of anilines is 1. The van der Waals surface area contributed by atoms with E-state index < -0.39 is 11.9 Å². The Morgan fingerprint density at radius 1 is 1.50 bits per heavy atom. The Bertz CT molecular complexity index is 467. The number of benzene rings is 1. The molecule has 0 saturated carbocycles. The molecule has 1 aliphatic heterocycles. The maximum atomic E-state index is 11.9. The molecule has 4 heteroatoms. The number of nitrogens with zero attached hydrogens (tertiary/aromatic N) is 1. The van der Waals surface area contributed by atoms with E-state index in [1.165, 1.54) is 4.90 Å². The van der Waals surface area contributed by atoms with E-state index in [1.54, 1.807) is 7.05 Å². The van der Waals surface area contributed by atoms with Crippen LogP contribution in [0.1, 0.15) is 23.5 Å². The van der Waals surface area contributed by atoms with Crippen LogP contribution in [0.25, 0.3) is 0 Å². The minimum Gasteiger partial charge on any atom is -0.481 e. The van der Waals surface area contributed by atoms with Gasteiger partial charge in [0, 0.05) is 12.7 Å². The van der Waals surface area contributed by atoms with Crippen molar-refractivity contribution in [2.45, 2.75) is 19.3 Å². The van der Waals surface area contributed by atoms with E-state index in [0.29, 0.717) is 0 Å². The molecule has 2 rings (SSSR count). The molecule has 16 heavy (non-hydrogen) atoms. The molecule has 4 nitrogen and oxygen atoms in total. The molecule has 0 fully saturated rings. The van der Waals surface area contributed by atoms with Gasteiger partial charge in [-0.3, -0.25) is 9.59 Å². The van der Waals surface area contributed by atoms with E-state index in [0.717, 1.165) is 16.8 Å². The van der Waals surface area contributed by atoms with Gasteiger partial charge in [0.1, 0.15) is 0 Å². The second-order valence-electron chi connectivity index (χ2n) is 4.11. The Hall–Kier alpha value is -1.84. The van der Waals surface area contributed by atoms with Crippen LogP contribution < -0.4 is 4.90 Å². The predicted molar refractivity (Wildman–Crippen MR) is 59.6 cm³/mol. The summed E-state index contributed by atoms with van der Waals surface area (Å²) < 4.78 is 0. The second kappa shape index (κ2) is 3.63. The summed E-state index contributed by atoms with van der Waals surface area (Å²) in [6, 6.07) is 5.68. The van der Waals surface area contributed by atoms with Gasteiger partial charge in [-0.05, 0) is 18.6 Å². The Kier molecular flexibility index (Phi) is 2.42. The van der Waals surface area contributed by atoms with Gasteiger partial charge in [0.2, 0.25) is 5.91 Å². The summed E-state index contributed by atoms with van der Waals surface area (Å²) in [5, 5.41) is 8.80. The first-order valence-corrected chi connectivity index (χ1v) is 5.10. The van der Waals surface area contributed by atoms with Crippen molar-refractivity contribution < 1.29 is 14.7 Å². The van der Waals surface area contributed by atoms with Crippen LogP contribution in [0, 0.1) is 6.92 Å². The van der Waals surface area contributed by atoms with Gasteiger partial charge in [0.15, 0.2) is 0 Å². The zero-order valence-electron chi connectivity index (χ0n) is 9.23. The van der Waals surface area contributed by atoms with Crippen molar-refractivity contribution in [2.75, 3.05) is 11.9 Å². The maximum absolute atomic E-state index is 11.9. The van der Waals surface area contributed by atoms with Crippen LogP contribution in [-0.4, -0.2) is 24.0 Å². The zero-order valence-corrected chi connectivity index (χ0v) is 9.23. The third-order valence-electron chi connectivity index (χ3n) is 2.93. The summed E-state index contributed by atoms with van der Waals surface area (Å²) in [5.41, 5.74) is 2.69. The lowest BCUT2D eigenvalue weighted by molar-refractivity contribution is -0.139. The highest BCUT2D eigenvalue weighted by Crippen LogP contribution is 2.38. The molecule has 1 amide bonds. The molecule has 1 aromatic carbocycles. The number of carbonyl (C=O) groups excluding carboxylic acids is 1. The van der Waals surface area contributed by atoms with Crippen LogP contribution in [0.3, 0.4) is 0 Å². The highest BCUT2D eigenvalue weighted by molar-refractivity contribution is 6.06. The fourth-order valence-corrected chi connectivity index (χ4v) is 2.12. The third-order valence-corrected chi connectivity index (χ3v) is 2.93. The molecule has 1 aromatic rings. The Morgan fingerprint density at radius 3 is 2.81 bits per heavy atom. The van der Waals surface area contributed by atoms with Crippen molar-refractivity contribution >= 4 is 17.6 Å². The zero-order chi connectivity index (χ0) is 11.9. The molecule has 1 aliphatic rings. The first-order valence-electron chi connectivity index (χ1n) is 5.10. The fraction of sp³-hybridized carbons (Fsp3) is 0.333. The van der Waals surface area contributed by atoms with E-state index in [-0.39, 0.29) is 12.3 Å². The number of aryl methyl sites for hydroxylation is 1. The van der Waals surface area contributed by atoms with Crippen LogP contribution in [0.15, 0.2) is 18.2 Å². The predicted octanol–water partition coefficient (Wildman–Crippen LogP) is 1.53. The lowest BCUT2D eigenvalue weighted by Gasteiger charge is -2.09. The van der Waals surface area contributed by atoms with Crippen LogP contribution >= 0.6 is 0 Å². The molecule has 0 saturated heterocycles. The molecule has 1 N–H and O–H groups in total. The molecule has 1 atom stereocenters. The lowest BCUT2D eigenvalue weighted by atomic mass is 9.96. The number of fused-ring (bicyclic) bond motifs is 1. The van der Waals surface area contributed by atoms with Crippen molar-refractivity contribution in [3.05, 3.63) is 29.3 Å². The number of amides is 1. The molecule has 0 spiro atoms. The van der Waals surface area contributed by atoms with Gasteiger partial charge < -0.3 is 10.0 Å². The number of aliphatic carboxylic acids is 1. The minimum absolute atomic E-state index is 0.136. The minimum atomic E-state index is -0.943. The van der Waals surface area contributed by atoms with Gasteiger partial charge in [-0.25, -0.2) is 0 Å². The quantitative estimate of drug-likeness (QED) is 0.820. The standard InChI is InChI=1S/C12H13NO3/c1-7-3-4-10-8(5-7)9(6-11(14)15)12(16)13(10)2/h3-5,9H,6H2,1-2H3,(H,14,15)/t9-/m1/s1.